The van der Waals surface area contributed by atoms with Crippen molar-refractivity contribution < 1.29 is 28.3 Å². The van der Waals surface area contributed by atoms with Gasteiger partial charge in [0.25, 0.3) is 17.7 Å². The quantitative estimate of drug-likeness (QED) is 0.460. The second kappa shape index (κ2) is 9.04. The summed E-state index contributed by atoms with van der Waals surface area (Å²) in [6, 6.07) is 18.4. The van der Waals surface area contributed by atoms with Gasteiger partial charge in [-0.1, -0.05) is 42.5 Å². The third kappa shape index (κ3) is 4.36. The Morgan fingerprint density at radius 3 is 1.97 bits per heavy atom. The Morgan fingerprint density at radius 2 is 1.39 bits per heavy atom. The molecule has 3 amide bonds. The van der Waals surface area contributed by atoms with Crippen molar-refractivity contribution in [1.29, 1.82) is 0 Å². The lowest BCUT2D eigenvalue weighted by molar-refractivity contribution is -0.158. The van der Waals surface area contributed by atoms with Crippen LogP contribution in [0.2, 0.25) is 0 Å². The van der Waals surface area contributed by atoms with Crippen molar-refractivity contribution in [3.8, 4) is 0 Å². The Bertz CT molecular complexity index is 1190. The first-order valence-electron chi connectivity index (χ1n) is 10.2. The standard InChI is InChI=1S/C25H19FN2O5/c1-15(28-23(30)19-9-5-6-10-20(19)24(28)31)25(32)33-21(16-7-3-2-4-8-16)22(29)27-18-13-11-17(26)12-14-18/h2-15,21H,1H3,(H,27,29)/t15-,21+/m0/s1. The first-order chi connectivity index (χ1) is 15.9. The van der Waals surface area contributed by atoms with Gasteiger partial charge in [-0.3, -0.25) is 19.3 Å². The van der Waals surface area contributed by atoms with Crippen LogP contribution in [0.25, 0.3) is 0 Å². The number of carbonyl (C=O) groups is 4. The molecule has 0 aromatic heterocycles. The summed E-state index contributed by atoms with van der Waals surface area (Å²) in [5, 5.41) is 2.58. The summed E-state index contributed by atoms with van der Waals surface area (Å²) < 4.78 is 18.7. The van der Waals surface area contributed by atoms with Crippen molar-refractivity contribution in [1.82, 2.24) is 4.90 Å². The molecule has 1 aliphatic heterocycles. The molecule has 4 rings (SSSR count). The van der Waals surface area contributed by atoms with E-state index in [1.165, 1.54) is 43.3 Å². The molecular formula is C25H19FN2O5. The lowest BCUT2D eigenvalue weighted by Gasteiger charge is -2.24. The fraction of sp³-hybridized carbons (Fsp3) is 0.120. The summed E-state index contributed by atoms with van der Waals surface area (Å²) in [6.45, 7) is 1.37. The molecule has 33 heavy (non-hydrogen) atoms. The average Bonchev–Trinajstić information content (AvgIpc) is 3.09. The van der Waals surface area contributed by atoms with Gasteiger partial charge in [-0.2, -0.15) is 0 Å². The average molecular weight is 446 g/mol. The van der Waals surface area contributed by atoms with Crippen molar-refractivity contribution in [2.45, 2.75) is 19.1 Å². The summed E-state index contributed by atoms with van der Waals surface area (Å²) in [7, 11) is 0. The number of rotatable bonds is 6. The number of hydrogen-bond acceptors (Lipinski definition) is 5. The number of nitrogens with zero attached hydrogens (tertiary/aromatic N) is 1. The largest absolute Gasteiger partial charge is 0.446 e. The van der Waals surface area contributed by atoms with Crippen LogP contribution in [0.15, 0.2) is 78.9 Å². The predicted octanol–water partition coefficient (Wildman–Crippen LogP) is 3.73. The minimum Gasteiger partial charge on any atom is -0.446 e. The summed E-state index contributed by atoms with van der Waals surface area (Å²) in [6.07, 6.45) is -1.36. The van der Waals surface area contributed by atoms with Gasteiger partial charge >= 0.3 is 5.97 Å². The maximum Gasteiger partial charge on any atom is 0.330 e. The van der Waals surface area contributed by atoms with Crippen LogP contribution in [0.3, 0.4) is 0 Å². The van der Waals surface area contributed by atoms with Gasteiger partial charge in [-0.05, 0) is 43.3 Å². The number of carbonyl (C=O) groups excluding carboxylic acids is 4. The van der Waals surface area contributed by atoms with E-state index >= 15 is 0 Å². The second-order valence-corrected chi connectivity index (χ2v) is 7.43. The van der Waals surface area contributed by atoms with E-state index in [1.54, 1.807) is 42.5 Å². The molecule has 2 atom stereocenters. The van der Waals surface area contributed by atoms with E-state index in [0.717, 1.165) is 4.90 Å². The van der Waals surface area contributed by atoms with Crippen molar-refractivity contribution >= 4 is 29.4 Å². The normalized spacial score (nSPS) is 14.4. The van der Waals surface area contributed by atoms with Crippen LogP contribution in [-0.2, 0) is 14.3 Å². The van der Waals surface area contributed by atoms with E-state index in [1.807, 2.05) is 0 Å². The molecule has 0 spiro atoms. The summed E-state index contributed by atoms with van der Waals surface area (Å²) in [5.41, 5.74) is 1.11. The van der Waals surface area contributed by atoms with Gasteiger partial charge in [0.15, 0.2) is 0 Å². The van der Waals surface area contributed by atoms with Crippen molar-refractivity contribution in [2.24, 2.45) is 0 Å². The molecule has 3 aromatic rings. The molecule has 8 heteroatoms. The molecule has 0 bridgehead atoms. The fourth-order valence-electron chi connectivity index (χ4n) is 3.52. The first kappa shape index (κ1) is 21.9. The number of amides is 3. The maximum atomic E-state index is 13.2. The molecule has 166 valence electrons. The van der Waals surface area contributed by atoms with Crippen molar-refractivity contribution in [3.63, 3.8) is 0 Å². The zero-order chi connectivity index (χ0) is 23.5. The smallest absolute Gasteiger partial charge is 0.330 e. The zero-order valence-electron chi connectivity index (χ0n) is 17.5. The number of nitrogens with one attached hydrogen (secondary N) is 1. The van der Waals surface area contributed by atoms with Crippen LogP contribution in [0.5, 0.6) is 0 Å². The van der Waals surface area contributed by atoms with Gasteiger partial charge in [0, 0.05) is 11.3 Å². The molecule has 0 aliphatic carbocycles. The van der Waals surface area contributed by atoms with Crippen molar-refractivity contribution in [3.05, 3.63) is 101 Å². The number of fused-ring (bicyclic) bond motifs is 1. The van der Waals surface area contributed by atoms with Crippen LogP contribution in [0.4, 0.5) is 10.1 Å². The number of imide groups is 1. The Morgan fingerprint density at radius 1 is 0.848 bits per heavy atom. The Kier molecular flexibility index (Phi) is 5.99. The second-order valence-electron chi connectivity index (χ2n) is 7.43. The Labute approximate surface area is 188 Å². The number of halogens is 1. The number of hydrogen-bond donors (Lipinski definition) is 1. The van der Waals surface area contributed by atoms with E-state index in [0.29, 0.717) is 11.3 Å². The van der Waals surface area contributed by atoms with Gasteiger partial charge in [-0.25, -0.2) is 9.18 Å². The molecule has 0 fully saturated rings. The lowest BCUT2D eigenvalue weighted by Crippen LogP contribution is -2.44. The van der Waals surface area contributed by atoms with E-state index in [9.17, 15) is 23.6 Å². The molecule has 0 unspecified atom stereocenters. The summed E-state index contributed by atoms with van der Waals surface area (Å²) >= 11 is 0. The van der Waals surface area contributed by atoms with Crippen LogP contribution in [-0.4, -0.2) is 34.6 Å². The number of anilines is 1. The molecule has 3 aromatic carbocycles. The van der Waals surface area contributed by atoms with E-state index in [4.69, 9.17) is 4.74 Å². The van der Waals surface area contributed by atoms with Gasteiger partial charge in [0.05, 0.1) is 11.1 Å². The van der Waals surface area contributed by atoms with Gasteiger partial charge in [0.2, 0.25) is 6.10 Å². The highest BCUT2D eigenvalue weighted by atomic mass is 19.1. The van der Waals surface area contributed by atoms with Crippen LogP contribution < -0.4 is 5.32 Å². The molecule has 1 N–H and O–H groups in total. The first-order valence-corrected chi connectivity index (χ1v) is 10.2. The van der Waals surface area contributed by atoms with Crippen LogP contribution >= 0.6 is 0 Å². The molecule has 1 aliphatic rings. The topological polar surface area (TPSA) is 92.8 Å². The highest BCUT2D eigenvalue weighted by Gasteiger charge is 2.42. The Hall–Kier alpha value is -4.33. The van der Waals surface area contributed by atoms with Gasteiger partial charge < -0.3 is 10.1 Å². The van der Waals surface area contributed by atoms with Crippen LogP contribution in [0, 0.1) is 5.82 Å². The molecule has 0 saturated carbocycles. The van der Waals surface area contributed by atoms with E-state index in [-0.39, 0.29) is 11.1 Å². The fourth-order valence-corrected chi connectivity index (χ4v) is 3.52. The molecule has 1 heterocycles. The van der Waals surface area contributed by atoms with Gasteiger partial charge in [-0.15, -0.1) is 0 Å². The summed E-state index contributed by atoms with van der Waals surface area (Å²) in [5.74, 6) is -3.27. The molecule has 0 radical (unpaired) electrons. The highest BCUT2D eigenvalue weighted by Crippen LogP contribution is 2.27. The molecule has 0 saturated heterocycles. The molecule has 7 nitrogen and oxygen atoms in total. The third-order valence-electron chi connectivity index (χ3n) is 5.24. The summed E-state index contributed by atoms with van der Waals surface area (Å²) in [4.78, 5) is 52.1. The maximum absolute atomic E-state index is 13.2. The highest BCUT2D eigenvalue weighted by molar-refractivity contribution is 6.22. The van der Waals surface area contributed by atoms with Crippen LogP contribution in [0.1, 0.15) is 39.3 Å². The SMILES string of the molecule is C[C@@H](C(=O)O[C@@H](C(=O)Nc1ccc(F)cc1)c1ccccc1)N1C(=O)c2ccccc2C1=O. The van der Waals surface area contributed by atoms with Crippen molar-refractivity contribution in [2.75, 3.05) is 5.32 Å². The van der Waals surface area contributed by atoms with Gasteiger partial charge in [0.1, 0.15) is 11.9 Å². The zero-order valence-corrected chi connectivity index (χ0v) is 17.5. The van der Waals surface area contributed by atoms with E-state index < -0.39 is 41.7 Å². The monoisotopic (exact) mass is 446 g/mol. The molecular weight excluding hydrogens is 427 g/mol. The third-order valence-corrected chi connectivity index (χ3v) is 5.24. The Balaban J connectivity index is 1.55. The lowest BCUT2D eigenvalue weighted by atomic mass is 10.1. The minimum absolute atomic E-state index is 0.204. The number of ether oxygens (including phenoxy) is 1. The number of benzene rings is 3. The minimum atomic E-state index is -1.36. The predicted molar refractivity (Wildman–Crippen MR) is 117 cm³/mol. The number of esters is 1. The van der Waals surface area contributed by atoms with E-state index in [2.05, 4.69) is 5.32 Å².